The lowest BCUT2D eigenvalue weighted by molar-refractivity contribution is -0.165. The first-order valence-corrected chi connectivity index (χ1v) is 10.8. The van der Waals surface area contributed by atoms with Crippen LogP contribution in [0.1, 0.15) is 29.8 Å². The summed E-state index contributed by atoms with van der Waals surface area (Å²) >= 11 is 1.89. The van der Waals surface area contributed by atoms with Crippen LogP contribution < -0.4 is 10.8 Å². The Morgan fingerprint density at radius 3 is 2.61 bits per heavy atom. The molecule has 0 atom stereocenters. The van der Waals surface area contributed by atoms with Gasteiger partial charge in [0.15, 0.2) is 11.6 Å². The van der Waals surface area contributed by atoms with Crippen LogP contribution in [0.25, 0.3) is 0 Å². The van der Waals surface area contributed by atoms with Crippen molar-refractivity contribution in [2.24, 2.45) is 5.41 Å². The molecule has 0 spiro atoms. The van der Waals surface area contributed by atoms with Gasteiger partial charge in [-0.05, 0) is 60.7 Å². The van der Waals surface area contributed by atoms with E-state index in [0.717, 1.165) is 11.1 Å². The average molecular weight is 579 g/mol. The van der Waals surface area contributed by atoms with E-state index >= 15 is 4.39 Å². The Morgan fingerprint density at radius 2 is 2.00 bits per heavy atom. The topological polar surface area (TPSA) is 100 Å². The SMILES string of the molecule is CC1(C)CON(Cc2cc(C(=O)NOCCO)c(Nc3ccc(I)cc3F)c(F)c2F)C1=O. The van der Waals surface area contributed by atoms with E-state index in [4.69, 9.17) is 14.8 Å². The van der Waals surface area contributed by atoms with E-state index < -0.39 is 59.1 Å². The molecule has 0 bridgehead atoms. The summed E-state index contributed by atoms with van der Waals surface area (Å²) < 4.78 is 45.0. The molecule has 2 aromatic carbocycles. The second-order valence-electron chi connectivity index (χ2n) is 7.84. The number of nitrogens with zero attached hydrogens (tertiary/aromatic N) is 1. The fourth-order valence-electron chi connectivity index (χ4n) is 3.01. The van der Waals surface area contributed by atoms with Crippen molar-refractivity contribution < 1.29 is 37.5 Å². The molecule has 1 saturated heterocycles. The molecule has 0 saturated carbocycles. The number of halogens is 4. The Balaban J connectivity index is 2.01. The summed E-state index contributed by atoms with van der Waals surface area (Å²) in [6, 6.07) is 5.04. The molecule has 1 heterocycles. The van der Waals surface area contributed by atoms with Gasteiger partial charge in [0, 0.05) is 9.13 Å². The first kappa shape index (κ1) is 25.2. The van der Waals surface area contributed by atoms with E-state index in [9.17, 15) is 18.4 Å². The van der Waals surface area contributed by atoms with Crippen molar-refractivity contribution in [2.45, 2.75) is 20.4 Å². The molecule has 3 rings (SSSR count). The number of carbonyl (C=O) groups is 2. The lowest BCUT2D eigenvalue weighted by atomic mass is 9.95. The minimum atomic E-state index is -1.45. The van der Waals surface area contributed by atoms with Gasteiger partial charge in [-0.25, -0.2) is 23.7 Å². The molecule has 2 amide bonds. The molecule has 8 nitrogen and oxygen atoms in total. The van der Waals surface area contributed by atoms with Gasteiger partial charge in [-0.2, -0.15) is 0 Å². The quantitative estimate of drug-likeness (QED) is 0.252. The monoisotopic (exact) mass is 579 g/mol. The number of hydroxylamine groups is 3. The van der Waals surface area contributed by atoms with E-state index in [-0.39, 0.29) is 24.5 Å². The Morgan fingerprint density at radius 1 is 1.27 bits per heavy atom. The van der Waals surface area contributed by atoms with Crippen LogP contribution in [0.4, 0.5) is 24.5 Å². The van der Waals surface area contributed by atoms with Crippen molar-refractivity contribution in [3.05, 3.63) is 56.4 Å². The van der Waals surface area contributed by atoms with Crippen LogP contribution in [0.3, 0.4) is 0 Å². The fourth-order valence-corrected chi connectivity index (χ4v) is 3.46. The highest BCUT2D eigenvalue weighted by molar-refractivity contribution is 14.1. The molecule has 178 valence electrons. The van der Waals surface area contributed by atoms with E-state index in [1.807, 2.05) is 28.1 Å². The van der Waals surface area contributed by atoms with Gasteiger partial charge in [0.25, 0.3) is 11.8 Å². The third-order valence-electron chi connectivity index (χ3n) is 4.78. The van der Waals surface area contributed by atoms with Crippen LogP contribution in [0.2, 0.25) is 0 Å². The minimum absolute atomic E-state index is 0.0595. The van der Waals surface area contributed by atoms with Gasteiger partial charge in [0.2, 0.25) is 0 Å². The minimum Gasteiger partial charge on any atom is -0.394 e. The molecule has 3 N–H and O–H groups in total. The van der Waals surface area contributed by atoms with Crippen molar-refractivity contribution in [3.8, 4) is 0 Å². The second-order valence-corrected chi connectivity index (χ2v) is 9.08. The second kappa shape index (κ2) is 10.2. The lowest BCUT2D eigenvalue weighted by Crippen LogP contribution is -2.31. The predicted octanol–water partition coefficient (Wildman–Crippen LogP) is 3.41. The molecule has 0 unspecified atom stereocenters. The standard InChI is InChI=1S/C21H21F3IN3O5/c1-21(2)10-33-28(20(21)31)9-11-7-13(19(30)27-32-6-5-29)18(17(24)16(11)23)26-15-4-3-12(25)8-14(15)22/h3-4,7-8,26,29H,5-6,9-10H2,1-2H3,(H,27,30). The Hall–Kier alpha value is -2.42. The summed E-state index contributed by atoms with van der Waals surface area (Å²) in [5, 5.41) is 12.1. The fraction of sp³-hybridized carbons (Fsp3) is 0.333. The van der Waals surface area contributed by atoms with Gasteiger partial charge >= 0.3 is 0 Å². The van der Waals surface area contributed by atoms with E-state index in [2.05, 4.69) is 5.32 Å². The van der Waals surface area contributed by atoms with Crippen molar-refractivity contribution in [1.29, 1.82) is 0 Å². The lowest BCUT2D eigenvalue weighted by Gasteiger charge is -2.20. The molecule has 0 aromatic heterocycles. The van der Waals surface area contributed by atoms with Gasteiger partial charge < -0.3 is 10.4 Å². The Labute approximate surface area is 201 Å². The summed E-state index contributed by atoms with van der Waals surface area (Å²) in [7, 11) is 0. The maximum absolute atomic E-state index is 15.1. The zero-order chi connectivity index (χ0) is 24.3. The van der Waals surface area contributed by atoms with Crippen LogP contribution in [0.5, 0.6) is 0 Å². The summed E-state index contributed by atoms with van der Waals surface area (Å²) in [5.41, 5.74) is -0.394. The normalized spacial score (nSPS) is 15.1. The van der Waals surface area contributed by atoms with E-state index in [1.54, 1.807) is 13.8 Å². The largest absolute Gasteiger partial charge is 0.394 e. The summed E-state index contributed by atoms with van der Waals surface area (Å²) in [4.78, 5) is 35.1. The Bertz CT molecular complexity index is 1080. The number of hydrogen-bond acceptors (Lipinski definition) is 6. The number of carbonyl (C=O) groups excluding carboxylic acids is 2. The van der Waals surface area contributed by atoms with Gasteiger partial charge in [0.05, 0.1) is 48.7 Å². The van der Waals surface area contributed by atoms with Gasteiger partial charge in [-0.1, -0.05) is 0 Å². The van der Waals surface area contributed by atoms with Crippen molar-refractivity contribution in [1.82, 2.24) is 10.5 Å². The van der Waals surface area contributed by atoms with Crippen molar-refractivity contribution >= 4 is 45.8 Å². The Kier molecular flexibility index (Phi) is 7.82. The molecule has 0 aliphatic carbocycles. The number of hydrogen-bond donors (Lipinski definition) is 3. The number of anilines is 2. The van der Waals surface area contributed by atoms with E-state index in [1.165, 1.54) is 18.2 Å². The maximum Gasteiger partial charge on any atom is 0.277 e. The number of rotatable bonds is 8. The molecule has 1 fully saturated rings. The van der Waals surface area contributed by atoms with Crippen molar-refractivity contribution in [3.63, 3.8) is 0 Å². The van der Waals surface area contributed by atoms with E-state index in [0.29, 0.717) is 3.57 Å². The summed E-state index contributed by atoms with van der Waals surface area (Å²) in [5.74, 6) is -4.94. The maximum atomic E-state index is 15.1. The van der Waals surface area contributed by atoms with Crippen LogP contribution in [0.15, 0.2) is 24.3 Å². The summed E-state index contributed by atoms with van der Waals surface area (Å²) in [6.45, 7) is 2.25. The highest BCUT2D eigenvalue weighted by atomic mass is 127. The first-order chi connectivity index (χ1) is 15.5. The molecular weight excluding hydrogens is 558 g/mol. The third-order valence-corrected chi connectivity index (χ3v) is 5.45. The number of benzene rings is 2. The van der Waals surface area contributed by atoms with Gasteiger partial charge in [0.1, 0.15) is 5.82 Å². The zero-order valence-electron chi connectivity index (χ0n) is 17.7. The number of amides is 2. The van der Waals surface area contributed by atoms with Crippen LogP contribution in [0, 0.1) is 26.4 Å². The highest BCUT2D eigenvalue weighted by Crippen LogP contribution is 2.33. The molecule has 12 heteroatoms. The van der Waals surface area contributed by atoms with Crippen LogP contribution in [-0.4, -0.2) is 41.8 Å². The van der Waals surface area contributed by atoms with Gasteiger partial charge in [-0.3, -0.25) is 19.3 Å². The molecule has 1 aliphatic heterocycles. The van der Waals surface area contributed by atoms with Crippen LogP contribution in [-0.2, 0) is 21.0 Å². The first-order valence-electron chi connectivity index (χ1n) is 9.76. The predicted molar refractivity (Wildman–Crippen MR) is 120 cm³/mol. The summed E-state index contributed by atoms with van der Waals surface area (Å²) in [6.07, 6.45) is 0. The average Bonchev–Trinajstić information content (AvgIpc) is 3.01. The number of aliphatic hydroxyl groups excluding tert-OH is 1. The van der Waals surface area contributed by atoms with Gasteiger partial charge in [-0.15, -0.1) is 0 Å². The van der Waals surface area contributed by atoms with Crippen molar-refractivity contribution in [2.75, 3.05) is 25.1 Å². The molecule has 33 heavy (non-hydrogen) atoms. The molecule has 2 aromatic rings. The number of nitrogens with one attached hydrogen (secondary N) is 2. The third kappa shape index (κ3) is 5.57. The molecular formula is C21H21F3IN3O5. The molecule has 1 aliphatic rings. The highest BCUT2D eigenvalue weighted by Gasteiger charge is 2.41. The van der Waals surface area contributed by atoms with Crippen LogP contribution >= 0.6 is 22.6 Å². The molecule has 0 radical (unpaired) electrons. The zero-order valence-corrected chi connectivity index (χ0v) is 19.8. The smallest absolute Gasteiger partial charge is 0.277 e. The number of aliphatic hydroxyl groups is 1.